The second-order valence-corrected chi connectivity index (χ2v) is 14.9. The van der Waals surface area contributed by atoms with Gasteiger partial charge in [-0.2, -0.15) is 0 Å². The summed E-state index contributed by atoms with van der Waals surface area (Å²) < 4.78 is 44.4. The lowest BCUT2D eigenvalue weighted by Crippen LogP contribution is -2.36. The van der Waals surface area contributed by atoms with Crippen molar-refractivity contribution in [3.05, 3.63) is 234 Å². The zero-order chi connectivity index (χ0) is 41.1. The Morgan fingerprint density at radius 3 is 1.61 bits per heavy atom. The smallest absolute Gasteiger partial charge is 0.0754 e. The molecule has 12 rings (SSSR count). The molecule has 0 atom stereocenters. The fourth-order valence-electron chi connectivity index (χ4n) is 9.75. The van der Waals surface area contributed by atoms with Gasteiger partial charge in [-0.15, -0.1) is 0 Å². The lowest BCUT2D eigenvalue weighted by atomic mass is 9.64. The molecule has 10 aromatic rings. The summed E-state index contributed by atoms with van der Waals surface area (Å²) in [5.74, 6) is 0. The van der Waals surface area contributed by atoms with E-state index in [-0.39, 0.29) is 29.9 Å². The van der Waals surface area contributed by atoms with Gasteiger partial charge in [0.15, 0.2) is 0 Å². The molecule has 0 fully saturated rings. The van der Waals surface area contributed by atoms with Crippen LogP contribution >= 0.6 is 0 Å². The Balaban J connectivity index is 1.23. The number of anilines is 3. The monoisotopic (exact) mass is 714 g/mol. The maximum atomic E-state index is 9.23. The molecule has 56 heavy (non-hydrogen) atoms. The minimum atomic E-state index is -0.871. The standard InChI is InChI=1S/C55H35N/c1-2-18-43(19-3-1)56-52-24-12-10-22-48(52)55(49-23-11-13-25-53(49)56)50-34-41(40-28-26-36-14-4-6-16-38(36)32-40)30-31-46(50)54-45-21-9-8-20-44(45)47(35-51(54)55)42-29-27-37-15-5-7-17-39(37)33-42/h1-35H/i1D,2D,3D,18D,19D. The van der Waals surface area contributed by atoms with Gasteiger partial charge in [0, 0.05) is 5.69 Å². The molecule has 0 saturated heterocycles. The number of benzene rings is 10. The number of nitrogens with zero attached hydrogens (tertiary/aromatic N) is 1. The van der Waals surface area contributed by atoms with Crippen molar-refractivity contribution in [1.82, 2.24) is 0 Å². The molecule has 10 aromatic carbocycles. The fraction of sp³-hybridized carbons (Fsp3) is 0.0182. The molecule has 1 heteroatoms. The van der Waals surface area contributed by atoms with Gasteiger partial charge in [0.2, 0.25) is 0 Å². The predicted molar refractivity (Wildman–Crippen MR) is 235 cm³/mol. The largest absolute Gasteiger partial charge is 0.310 e. The van der Waals surface area contributed by atoms with Gasteiger partial charge in [0.25, 0.3) is 0 Å². The van der Waals surface area contributed by atoms with E-state index in [1.54, 1.807) is 0 Å². The van der Waals surface area contributed by atoms with E-state index in [1.165, 1.54) is 27.1 Å². The number of hydrogen-bond acceptors (Lipinski definition) is 1. The molecule has 0 amide bonds. The van der Waals surface area contributed by atoms with Crippen LogP contribution in [0.1, 0.15) is 29.1 Å². The lowest BCUT2D eigenvalue weighted by Gasteiger charge is -2.45. The predicted octanol–water partition coefficient (Wildman–Crippen LogP) is 14.6. The van der Waals surface area contributed by atoms with E-state index in [0.717, 1.165) is 72.2 Å². The van der Waals surface area contributed by atoms with Crippen LogP contribution in [-0.2, 0) is 5.41 Å². The van der Waals surface area contributed by atoms with Gasteiger partial charge in [0.1, 0.15) is 0 Å². The van der Waals surface area contributed by atoms with Crippen molar-refractivity contribution in [3.63, 3.8) is 0 Å². The Bertz CT molecular complexity index is 3440. The van der Waals surface area contributed by atoms with Crippen molar-refractivity contribution in [3.8, 4) is 33.4 Å². The Morgan fingerprint density at radius 2 is 0.911 bits per heavy atom. The summed E-state index contributed by atoms with van der Waals surface area (Å²) in [6.07, 6.45) is 0. The Kier molecular flexibility index (Phi) is 5.63. The van der Waals surface area contributed by atoms with Crippen molar-refractivity contribution < 1.29 is 6.85 Å². The maximum Gasteiger partial charge on any atom is 0.0754 e. The summed E-state index contributed by atoms with van der Waals surface area (Å²) in [6.45, 7) is 0. The van der Waals surface area contributed by atoms with E-state index in [2.05, 4.69) is 158 Å². The van der Waals surface area contributed by atoms with Gasteiger partial charge in [-0.1, -0.05) is 164 Å². The first-order valence-corrected chi connectivity index (χ1v) is 19.1. The number of para-hydroxylation sites is 3. The molecule has 2 aliphatic rings. The van der Waals surface area contributed by atoms with Crippen molar-refractivity contribution in [1.29, 1.82) is 0 Å². The summed E-state index contributed by atoms with van der Waals surface area (Å²) >= 11 is 0. The number of hydrogen-bond donors (Lipinski definition) is 0. The van der Waals surface area contributed by atoms with Crippen LogP contribution < -0.4 is 4.90 Å². The third-order valence-electron chi connectivity index (χ3n) is 12.1. The van der Waals surface area contributed by atoms with Gasteiger partial charge in [0.05, 0.1) is 23.6 Å². The van der Waals surface area contributed by atoms with Crippen molar-refractivity contribution in [2.24, 2.45) is 0 Å². The van der Waals surface area contributed by atoms with Crippen molar-refractivity contribution >= 4 is 49.4 Å². The molecule has 0 radical (unpaired) electrons. The molecule has 1 spiro atoms. The molecule has 1 nitrogen and oxygen atoms in total. The molecular weight excluding hydrogens is 675 g/mol. The Labute approximate surface area is 333 Å². The van der Waals surface area contributed by atoms with Gasteiger partial charge < -0.3 is 4.90 Å². The van der Waals surface area contributed by atoms with Crippen LogP contribution in [0.15, 0.2) is 212 Å². The highest BCUT2D eigenvalue weighted by Gasteiger charge is 2.52. The third kappa shape index (κ3) is 4.31. The van der Waals surface area contributed by atoms with Gasteiger partial charge in [-0.25, -0.2) is 0 Å². The molecule has 0 bridgehead atoms. The first kappa shape index (κ1) is 26.5. The van der Waals surface area contributed by atoms with Gasteiger partial charge in [-0.05, 0) is 136 Å². The summed E-state index contributed by atoms with van der Waals surface area (Å²) in [7, 11) is 0. The molecule has 1 aliphatic heterocycles. The maximum absolute atomic E-state index is 9.23. The van der Waals surface area contributed by atoms with Crippen LogP contribution in [0, 0.1) is 0 Å². The second kappa shape index (κ2) is 11.9. The molecule has 0 N–H and O–H groups in total. The number of rotatable bonds is 3. The molecule has 1 heterocycles. The first-order valence-electron chi connectivity index (χ1n) is 21.6. The van der Waals surface area contributed by atoms with E-state index in [1.807, 2.05) is 29.2 Å². The van der Waals surface area contributed by atoms with Crippen LogP contribution in [-0.4, -0.2) is 0 Å². The average molecular weight is 715 g/mol. The molecule has 1 aliphatic carbocycles. The highest BCUT2D eigenvalue weighted by molar-refractivity contribution is 6.12. The topological polar surface area (TPSA) is 3.24 Å². The minimum Gasteiger partial charge on any atom is -0.310 e. The molecule has 0 saturated carbocycles. The van der Waals surface area contributed by atoms with E-state index in [9.17, 15) is 2.74 Å². The SMILES string of the molecule is [2H]c1c([2H])c([2H])c(N2c3ccccc3C3(c4cc(-c5ccc6ccccc6c5)ccc4-c4c3cc(-c3ccc5ccccc5c3)c3ccccc43)c3ccccc32)c([2H])c1[2H]. The molecule has 0 aromatic heterocycles. The average Bonchev–Trinajstić information content (AvgIpc) is 3.60. The van der Waals surface area contributed by atoms with E-state index >= 15 is 0 Å². The summed E-state index contributed by atoms with van der Waals surface area (Å²) in [5, 5.41) is 7.04. The number of fused-ring (bicyclic) bond motifs is 13. The fourth-order valence-corrected chi connectivity index (χ4v) is 9.75. The van der Waals surface area contributed by atoms with E-state index in [0.29, 0.717) is 0 Å². The summed E-state index contributed by atoms with van der Waals surface area (Å²) in [6, 6.07) is 63.2. The lowest BCUT2D eigenvalue weighted by molar-refractivity contribution is 0.753. The van der Waals surface area contributed by atoms with Gasteiger partial charge >= 0.3 is 0 Å². The van der Waals surface area contributed by atoms with Crippen LogP contribution in [0.3, 0.4) is 0 Å². The van der Waals surface area contributed by atoms with Crippen LogP contribution in [0.25, 0.3) is 65.7 Å². The Hall–Kier alpha value is -7.22. The van der Waals surface area contributed by atoms with Crippen LogP contribution in [0.2, 0.25) is 0 Å². The highest BCUT2D eigenvalue weighted by Crippen LogP contribution is 2.65. The summed E-state index contributed by atoms with van der Waals surface area (Å²) in [5.41, 5.74) is 11.8. The normalized spacial score (nSPS) is 14.7. The Morgan fingerprint density at radius 1 is 0.375 bits per heavy atom. The third-order valence-corrected chi connectivity index (χ3v) is 12.1. The molecule has 0 unspecified atom stereocenters. The summed E-state index contributed by atoms with van der Waals surface area (Å²) in [4.78, 5) is 1.90. The zero-order valence-electron chi connectivity index (χ0n) is 35.3. The molecular formula is C55H35N. The minimum absolute atomic E-state index is 0.125. The van der Waals surface area contributed by atoms with Gasteiger partial charge in [-0.3, -0.25) is 0 Å². The van der Waals surface area contributed by atoms with Crippen LogP contribution in [0.4, 0.5) is 17.1 Å². The van der Waals surface area contributed by atoms with Crippen molar-refractivity contribution in [2.45, 2.75) is 5.41 Å². The quantitative estimate of drug-likeness (QED) is 0.176. The zero-order valence-corrected chi connectivity index (χ0v) is 30.3. The second-order valence-electron chi connectivity index (χ2n) is 14.9. The highest BCUT2D eigenvalue weighted by atomic mass is 15.2. The van der Waals surface area contributed by atoms with E-state index in [4.69, 9.17) is 4.11 Å². The molecule has 260 valence electrons. The van der Waals surface area contributed by atoms with Crippen LogP contribution in [0.5, 0.6) is 0 Å². The first-order chi connectivity index (χ1) is 29.8. The van der Waals surface area contributed by atoms with Crippen molar-refractivity contribution in [2.75, 3.05) is 4.90 Å². The van der Waals surface area contributed by atoms with E-state index < -0.39 is 11.5 Å².